The van der Waals surface area contributed by atoms with Crippen molar-refractivity contribution in [2.24, 2.45) is 0 Å². The van der Waals surface area contributed by atoms with E-state index < -0.39 is 0 Å². The summed E-state index contributed by atoms with van der Waals surface area (Å²) in [6, 6.07) is 12.3. The largest absolute Gasteiger partial charge is 0.309 e. The van der Waals surface area contributed by atoms with Crippen LogP contribution in [0.4, 0.5) is 0 Å². The molecule has 2 aliphatic rings. The number of benzene rings is 1. The third-order valence-electron chi connectivity index (χ3n) is 4.84. The maximum Gasteiger partial charge on any atom is 0.0449 e. The van der Waals surface area contributed by atoms with E-state index in [2.05, 4.69) is 58.6 Å². The van der Waals surface area contributed by atoms with Crippen LogP contribution in [0.3, 0.4) is 0 Å². The first-order valence-electron chi connectivity index (χ1n) is 7.92. The molecule has 1 saturated carbocycles. The lowest BCUT2D eigenvalue weighted by atomic mass is 10.1. The number of nitrogens with one attached hydrogen (secondary N) is 1. The first-order valence-corrected chi connectivity index (χ1v) is 9.21. The molecule has 3 atom stereocenters. The quantitative estimate of drug-likeness (QED) is 0.919. The van der Waals surface area contributed by atoms with Crippen LogP contribution in [0, 0.1) is 0 Å². The normalized spacial score (nSPS) is 32.1. The molecule has 0 radical (unpaired) electrons. The molecule has 20 heavy (non-hydrogen) atoms. The lowest BCUT2D eigenvalue weighted by Gasteiger charge is -2.30. The number of nitrogens with zero attached hydrogens (tertiary/aromatic N) is 1. The van der Waals surface area contributed by atoms with Gasteiger partial charge in [-0.05, 0) is 50.6 Å². The van der Waals surface area contributed by atoms with E-state index in [1.807, 2.05) is 0 Å². The van der Waals surface area contributed by atoms with Gasteiger partial charge >= 0.3 is 0 Å². The molecule has 1 aromatic carbocycles. The molecule has 3 heteroatoms. The summed E-state index contributed by atoms with van der Waals surface area (Å²) < 4.78 is 0. The first kappa shape index (κ1) is 14.4. The highest BCUT2D eigenvalue weighted by molar-refractivity contribution is 7.99. The summed E-state index contributed by atoms with van der Waals surface area (Å²) in [5, 5.41) is 4.62. The van der Waals surface area contributed by atoms with Crippen LogP contribution in [0.5, 0.6) is 0 Å². The topological polar surface area (TPSA) is 15.3 Å². The highest BCUT2D eigenvalue weighted by Crippen LogP contribution is 2.32. The fourth-order valence-electron chi connectivity index (χ4n) is 3.65. The minimum Gasteiger partial charge on any atom is -0.309 e. The van der Waals surface area contributed by atoms with E-state index in [1.54, 1.807) is 0 Å². The smallest absolute Gasteiger partial charge is 0.0449 e. The molecule has 1 aliphatic carbocycles. The number of thioether (sulfide) groups is 1. The molecule has 0 amide bonds. The predicted octanol–water partition coefficient (Wildman–Crippen LogP) is 3.31. The SMILES string of the molecule is CSC1CCC(N2CCCNC(c3ccccc3)C2)C1. The van der Waals surface area contributed by atoms with Crippen molar-refractivity contribution in [1.82, 2.24) is 10.2 Å². The molecule has 1 heterocycles. The Bertz CT molecular complexity index is 409. The fourth-order valence-corrected chi connectivity index (χ4v) is 4.44. The van der Waals surface area contributed by atoms with Crippen molar-refractivity contribution in [3.8, 4) is 0 Å². The Hall–Kier alpha value is -0.510. The van der Waals surface area contributed by atoms with E-state index in [4.69, 9.17) is 0 Å². The Morgan fingerprint density at radius 3 is 2.80 bits per heavy atom. The zero-order chi connectivity index (χ0) is 13.8. The van der Waals surface area contributed by atoms with Crippen LogP contribution in [0.1, 0.15) is 37.3 Å². The molecule has 1 aromatic rings. The molecule has 3 rings (SSSR count). The van der Waals surface area contributed by atoms with Crippen LogP contribution in [-0.2, 0) is 0 Å². The second-order valence-corrected chi connectivity index (χ2v) is 7.23. The lowest BCUT2D eigenvalue weighted by molar-refractivity contribution is 0.196. The van der Waals surface area contributed by atoms with Gasteiger partial charge in [0, 0.05) is 23.9 Å². The third-order valence-corrected chi connectivity index (χ3v) is 5.93. The van der Waals surface area contributed by atoms with Gasteiger partial charge in [0.2, 0.25) is 0 Å². The average molecular weight is 290 g/mol. The van der Waals surface area contributed by atoms with Crippen molar-refractivity contribution in [3.05, 3.63) is 35.9 Å². The zero-order valence-electron chi connectivity index (χ0n) is 12.4. The number of hydrogen-bond acceptors (Lipinski definition) is 3. The summed E-state index contributed by atoms with van der Waals surface area (Å²) in [5.74, 6) is 0. The van der Waals surface area contributed by atoms with Crippen LogP contribution < -0.4 is 5.32 Å². The van der Waals surface area contributed by atoms with E-state index in [-0.39, 0.29) is 0 Å². The highest BCUT2D eigenvalue weighted by atomic mass is 32.2. The standard InChI is InChI=1S/C17H26N2S/c1-20-16-9-8-15(12-16)19-11-5-10-18-17(13-19)14-6-3-2-4-7-14/h2-4,6-7,15-18H,5,8-13H2,1H3. The van der Waals surface area contributed by atoms with E-state index in [9.17, 15) is 0 Å². The molecule has 1 saturated heterocycles. The number of rotatable bonds is 3. The molecular weight excluding hydrogens is 264 g/mol. The Balaban J connectivity index is 1.67. The molecule has 110 valence electrons. The molecule has 1 aliphatic heterocycles. The second-order valence-electron chi connectivity index (χ2n) is 6.09. The van der Waals surface area contributed by atoms with E-state index in [0.29, 0.717) is 6.04 Å². The summed E-state index contributed by atoms with van der Waals surface area (Å²) in [4.78, 5) is 2.76. The first-order chi connectivity index (χ1) is 9.86. The Morgan fingerprint density at radius 1 is 1.20 bits per heavy atom. The molecule has 0 aromatic heterocycles. The molecule has 2 fully saturated rings. The maximum absolute atomic E-state index is 3.73. The average Bonchev–Trinajstić information content (AvgIpc) is 2.85. The van der Waals surface area contributed by atoms with Crippen molar-refractivity contribution in [1.29, 1.82) is 0 Å². The minimum atomic E-state index is 0.507. The molecule has 0 spiro atoms. The van der Waals surface area contributed by atoms with Gasteiger partial charge in [0.05, 0.1) is 0 Å². The van der Waals surface area contributed by atoms with Gasteiger partial charge in [0.15, 0.2) is 0 Å². The van der Waals surface area contributed by atoms with Gasteiger partial charge < -0.3 is 5.32 Å². The van der Waals surface area contributed by atoms with Gasteiger partial charge in [-0.3, -0.25) is 4.90 Å². The Labute approximate surface area is 127 Å². The van der Waals surface area contributed by atoms with Crippen LogP contribution in [0.2, 0.25) is 0 Å². The van der Waals surface area contributed by atoms with Crippen LogP contribution >= 0.6 is 11.8 Å². The lowest BCUT2D eigenvalue weighted by Crippen LogP contribution is -2.38. The van der Waals surface area contributed by atoms with Gasteiger partial charge in [-0.2, -0.15) is 11.8 Å². The van der Waals surface area contributed by atoms with Gasteiger partial charge in [-0.25, -0.2) is 0 Å². The van der Waals surface area contributed by atoms with Crippen LogP contribution in [0.25, 0.3) is 0 Å². The predicted molar refractivity (Wildman–Crippen MR) is 88.3 cm³/mol. The van der Waals surface area contributed by atoms with Gasteiger partial charge in [0.1, 0.15) is 0 Å². The summed E-state index contributed by atoms with van der Waals surface area (Å²) in [6.45, 7) is 3.59. The van der Waals surface area contributed by atoms with Gasteiger partial charge in [0.25, 0.3) is 0 Å². The second kappa shape index (κ2) is 6.97. The summed E-state index contributed by atoms with van der Waals surface area (Å²) in [6.07, 6.45) is 7.75. The number of hydrogen-bond donors (Lipinski definition) is 1. The van der Waals surface area contributed by atoms with Crippen molar-refractivity contribution >= 4 is 11.8 Å². The monoisotopic (exact) mass is 290 g/mol. The van der Waals surface area contributed by atoms with Crippen LogP contribution in [-0.4, -0.2) is 42.1 Å². The van der Waals surface area contributed by atoms with Crippen molar-refractivity contribution in [2.75, 3.05) is 25.9 Å². The summed E-state index contributed by atoms with van der Waals surface area (Å²) in [7, 11) is 0. The minimum absolute atomic E-state index is 0.507. The molecule has 1 N–H and O–H groups in total. The fraction of sp³-hybridized carbons (Fsp3) is 0.647. The zero-order valence-corrected chi connectivity index (χ0v) is 13.2. The molecule has 2 nitrogen and oxygen atoms in total. The Kier molecular flexibility index (Phi) is 5.03. The summed E-state index contributed by atoms with van der Waals surface area (Å²) in [5.41, 5.74) is 1.44. The van der Waals surface area contributed by atoms with E-state index in [0.717, 1.165) is 17.8 Å². The summed E-state index contributed by atoms with van der Waals surface area (Å²) >= 11 is 2.06. The van der Waals surface area contributed by atoms with Crippen molar-refractivity contribution in [2.45, 2.75) is 43.0 Å². The highest BCUT2D eigenvalue weighted by Gasteiger charge is 2.31. The third kappa shape index (κ3) is 3.38. The van der Waals surface area contributed by atoms with E-state index >= 15 is 0 Å². The van der Waals surface area contributed by atoms with Crippen molar-refractivity contribution < 1.29 is 0 Å². The van der Waals surface area contributed by atoms with E-state index in [1.165, 1.54) is 44.3 Å². The molecule has 0 bridgehead atoms. The molecule has 3 unspecified atom stereocenters. The van der Waals surface area contributed by atoms with Crippen molar-refractivity contribution in [3.63, 3.8) is 0 Å². The molecular formula is C17H26N2S. The van der Waals surface area contributed by atoms with Crippen LogP contribution in [0.15, 0.2) is 30.3 Å². The maximum atomic E-state index is 3.73. The van der Waals surface area contributed by atoms with Gasteiger partial charge in [-0.15, -0.1) is 0 Å². The Morgan fingerprint density at radius 2 is 2.05 bits per heavy atom. The van der Waals surface area contributed by atoms with Gasteiger partial charge in [-0.1, -0.05) is 30.3 Å².